The lowest BCUT2D eigenvalue weighted by molar-refractivity contribution is -0.383. The number of allylic oxidation sites excluding steroid dienone is 2. The van der Waals surface area contributed by atoms with E-state index in [1.807, 2.05) is 43.3 Å². The van der Waals surface area contributed by atoms with E-state index < -0.39 is 4.92 Å². The minimum atomic E-state index is -0.514. The Labute approximate surface area is 161 Å². The van der Waals surface area contributed by atoms with Crippen molar-refractivity contribution in [1.82, 2.24) is 0 Å². The molecule has 2 aromatic rings. The minimum Gasteiger partial charge on any atom is -0.350 e. The number of aryl methyl sites for hydroxylation is 1. The molecule has 1 aliphatic carbocycles. The maximum Gasteiger partial charge on any atom is 0.294 e. The van der Waals surface area contributed by atoms with Gasteiger partial charge in [-0.1, -0.05) is 29.8 Å². The molecule has 142 valence electrons. The molecular weight excluding hydrogens is 358 g/mol. The first-order chi connectivity index (χ1) is 13.5. The van der Waals surface area contributed by atoms with E-state index in [9.17, 15) is 19.7 Å². The third-order valence-corrected chi connectivity index (χ3v) is 5.27. The second-order valence-corrected chi connectivity index (χ2v) is 7.12. The second kappa shape index (κ2) is 6.92. The van der Waals surface area contributed by atoms with Crippen LogP contribution in [0.15, 0.2) is 54.6 Å². The van der Waals surface area contributed by atoms with Crippen LogP contribution in [0.25, 0.3) is 0 Å². The molecule has 2 aromatic carbocycles. The number of hydrogen-bond acceptors (Lipinski definition) is 5. The number of hydrogen-bond donors (Lipinski definition) is 1. The van der Waals surface area contributed by atoms with E-state index in [1.54, 1.807) is 6.07 Å². The molecule has 2 atom stereocenters. The number of anilines is 3. The molecule has 28 heavy (non-hydrogen) atoms. The Morgan fingerprint density at radius 2 is 1.61 bits per heavy atom. The Hall–Kier alpha value is -3.48. The standard InChI is InChI=1S/C21H19N3O4/c1-13-6-8-14(9-7-13)22-18-11-10-15(12-19(18)24(27)28)23-20(25)16-4-2-3-5-17(16)21(23)26/h2-3,6-12,16-17,22H,4-5H2,1H3/t16-,17-/m1/s1. The van der Waals surface area contributed by atoms with E-state index in [1.165, 1.54) is 12.1 Å². The molecule has 0 aromatic heterocycles. The first-order valence-corrected chi connectivity index (χ1v) is 9.10. The number of carbonyl (C=O) groups excluding carboxylic acids is 2. The number of nitrogens with zero attached hydrogens (tertiary/aromatic N) is 2. The lowest BCUT2D eigenvalue weighted by atomic mass is 9.85. The van der Waals surface area contributed by atoms with Crippen LogP contribution in [0.4, 0.5) is 22.7 Å². The highest BCUT2D eigenvalue weighted by atomic mass is 16.6. The molecule has 2 aliphatic rings. The van der Waals surface area contributed by atoms with E-state index in [2.05, 4.69) is 5.32 Å². The molecule has 2 amide bonds. The summed E-state index contributed by atoms with van der Waals surface area (Å²) in [6.07, 6.45) is 4.88. The average Bonchev–Trinajstić information content (AvgIpc) is 2.95. The van der Waals surface area contributed by atoms with Crippen molar-refractivity contribution in [2.45, 2.75) is 19.8 Å². The number of fused-ring (bicyclic) bond motifs is 1. The highest BCUT2D eigenvalue weighted by Crippen LogP contribution is 2.40. The molecule has 4 rings (SSSR count). The van der Waals surface area contributed by atoms with Crippen LogP contribution in [0, 0.1) is 28.9 Å². The van der Waals surface area contributed by atoms with E-state index in [-0.39, 0.29) is 35.0 Å². The topological polar surface area (TPSA) is 92.6 Å². The fourth-order valence-corrected chi connectivity index (χ4v) is 3.76. The van der Waals surface area contributed by atoms with Crippen molar-refractivity contribution >= 4 is 34.6 Å². The number of benzene rings is 2. The van der Waals surface area contributed by atoms with Gasteiger partial charge in [0.05, 0.1) is 22.4 Å². The molecule has 0 unspecified atom stereocenters. The second-order valence-electron chi connectivity index (χ2n) is 7.12. The molecular formula is C21H19N3O4. The van der Waals surface area contributed by atoms with Crippen LogP contribution >= 0.6 is 0 Å². The zero-order valence-electron chi connectivity index (χ0n) is 15.3. The van der Waals surface area contributed by atoms with Crippen molar-refractivity contribution in [3.8, 4) is 0 Å². The summed E-state index contributed by atoms with van der Waals surface area (Å²) in [5, 5.41) is 14.6. The number of imide groups is 1. The Kier molecular flexibility index (Phi) is 4.43. The molecule has 1 aliphatic heterocycles. The largest absolute Gasteiger partial charge is 0.350 e. The number of rotatable bonds is 4. The fraction of sp³-hybridized carbons (Fsp3) is 0.238. The minimum absolute atomic E-state index is 0.188. The predicted octanol–water partition coefficient (Wildman–Crippen LogP) is 4.10. The molecule has 0 spiro atoms. The number of nitro benzene ring substituents is 1. The maximum absolute atomic E-state index is 12.7. The monoisotopic (exact) mass is 377 g/mol. The number of nitrogens with one attached hydrogen (secondary N) is 1. The normalized spacial score (nSPS) is 21.0. The van der Waals surface area contributed by atoms with Crippen molar-refractivity contribution in [3.63, 3.8) is 0 Å². The van der Waals surface area contributed by atoms with Crippen LogP contribution in [0.3, 0.4) is 0 Å². The lowest BCUT2D eigenvalue weighted by Gasteiger charge is -2.16. The molecule has 1 fully saturated rings. The first-order valence-electron chi connectivity index (χ1n) is 9.10. The van der Waals surface area contributed by atoms with Crippen LogP contribution in [-0.4, -0.2) is 16.7 Å². The quantitative estimate of drug-likeness (QED) is 0.375. The summed E-state index contributed by atoms with van der Waals surface area (Å²) in [6.45, 7) is 1.96. The van der Waals surface area contributed by atoms with Gasteiger partial charge in [-0.3, -0.25) is 19.7 Å². The van der Waals surface area contributed by atoms with E-state index in [0.717, 1.165) is 10.5 Å². The smallest absolute Gasteiger partial charge is 0.294 e. The Balaban J connectivity index is 1.67. The maximum atomic E-state index is 12.7. The number of nitro groups is 1. The van der Waals surface area contributed by atoms with Gasteiger partial charge in [0.2, 0.25) is 11.8 Å². The van der Waals surface area contributed by atoms with Gasteiger partial charge in [-0.25, -0.2) is 4.90 Å². The summed E-state index contributed by atoms with van der Waals surface area (Å²) in [5.41, 5.74) is 2.15. The number of carbonyl (C=O) groups is 2. The van der Waals surface area contributed by atoms with Gasteiger partial charge in [-0.05, 0) is 44.0 Å². The molecule has 1 N–H and O–H groups in total. The van der Waals surface area contributed by atoms with Gasteiger partial charge in [0, 0.05) is 11.8 Å². The lowest BCUT2D eigenvalue weighted by Crippen LogP contribution is -2.30. The van der Waals surface area contributed by atoms with E-state index in [0.29, 0.717) is 24.2 Å². The molecule has 1 heterocycles. The summed E-state index contributed by atoms with van der Waals surface area (Å²) >= 11 is 0. The highest BCUT2D eigenvalue weighted by molar-refractivity contribution is 6.22. The van der Waals surface area contributed by atoms with Gasteiger partial charge in [-0.2, -0.15) is 0 Å². The molecule has 0 radical (unpaired) electrons. The molecule has 0 saturated carbocycles. The zero-order valence-corrected chi connectivity index (χ0v) is 15.3. The third-order valence-electron chi connectivity index (χ3n) is 5.27. The van der Waals surface area contributed by atoms with Crippen molar-refractivity contribution in [2.24, 2.45) is 11.8 Å². The average molecular weight is 377 g/mol. The van der Waals surface area contributed by atoms with E-state index in [4.69, 9.17) is 0 Å². The molecule has 0 bridgehead atoms. The summed E-state index contributed by atoms with van der Waals surface area (Å²) in [5.74, 6) is -1.32. The van der Waals surface area contributed by atoms with Gasteiger partial charge < -0.3 is 5.32 Å². The van der Waals surface area contributed by atoms with Crippen molar-refractivity contribution in [2.75, 3.05) is 10.2 Å². The van der Waals surface area contributed by atoms with Crippen molar-refractivity contribution < 1.29 is 14.5 Å². The van der Waals surface area contributed by atoms with Crippen LogP contribution in [0.1, 0.15) is 18.4 Å². The van der Waals surface area contributed by atoms with Crippen LogP contribution in [0.5, 0.6) is 0 Å². The van der Waals surface area contributed by atoms with Crippen LogP contribution in [-0.2, 0) is 9.59 Å². The predicted molar refractivity (Wildman–Crippen MR) is 105 cm³/mol. The van der Waals surface area contributed by atoms with Gasteiger partial charge in [0.25, 0.3) is 5.69 Å². The SMILES string of the molecule is Cc1ccc(Nc2ccc(N3C(=O)[C@@H]4CC=CC[C@H]4C3=O)cc2[N+](=O)[O-])cc1. The van der Waals surface area contributed by atoms with Crippen molar-refractivity contribution in [1.29, 1.82) is 0 Å². The fourth-order valence-electron chi connectivity index (χ4n) is 3.76. The highest BCUT2D eigenvalue weighted by Gasteiger charge is 2.48. The van der Waals surface area contributed by atoms with Crippen LogP contribution < -0.4 is 10.2 Å². The molecule has 7 heteroatoms. The molecule has 7 nitrogen and oxygen atoms in total. The Morgan fingerprint density at radius 1 is 1.00 bits per heavy atom. The number of amides is 2. The van der Waals surface area contributed by atoms with Crippen molar-refractivity contribution in [3.05, 3.63) is 70.3 Å². The Morgan fingerprint density at radius 3 is 2.18 bits per heavy atom. The third kappa shape index (κ3) is 3.05. The summed E-state index contributed by atoms with van der Waals surface area (Å²) in [4.78, 5) is 37.7. The summed E-state index contributed by atoms with van der Waals surface area (Å²) < 4.78 is 0. The van der Waals surface area contributed by atoms with Gasteiger partial charge >= 0.3 is 0 Å². The Bertz CT molecular complexity index is 971. The van der Waals surface area contributed by atoms with Gasteiger partial charge in [-0.15, -0.1) is 0 Å². The first kappa shape index (κ1) is 17.9. The molecule has 1 saturated heterocycles. The summed E-state index contributed by atoms with van der Waals surface area (Å²) in [6, 6.07) is 11.9. The van der Waals surface area contributed by atoms with Crippen LogP contribution in [0.2, 0.25) is 0 Å². The summed E-state index contributed by atoms with van der Waals surface area (Å²) in [7, 11) is 0. The van der Waals surface area contributed by atoms with Gasteiger partial charge in [0.15, 0.2) is 0 Å². The van der Waals surface area contributed by atoms with Gasteiger partial charge in [0.1, 0.15) is 5.69 Å². The van der Waals surface area contributed by atoms with E-state index >= 15 is 0 Å². The zero-order chi connectivity index (χ0) is 19.8.